The van der Waals surface area contributed by atoms with Gasteiger partial charge in [0.1, 0.15) is 12.2 Å². The molecular weight excluding hydrogens is 466 g/mol. The van der Waals surface area contributed by atoms with Crippen LogP contribution in [-0.2, 0) is 16.2 Å². The van der Waals surface area contributed by atoms with Crippen molar-refractivity contribution in [3.63, 3.8) is 0 Å². The van der Waals surface area contributed by atoms with Crippen LogP contribution in [0.4, 0.5) is 16.2 Å². The molecule has 0 aliphatic carbocycles. The Morgan fingerprint density at radius 2 is 1.67 bits per heavy atom. The standard InChI is InChI=1S/C26H21N3O7/c1-2-35-23-15-18(8-13-22(23)36-16-17-6-4-3-5-7-17)14-21-24(30)27-26(32)28(25(21)31)19-9-11-20(12-10-19)29(33)34/h3-15H,2,16H2,1H3,(H,27,30,32)/b21-14+. The molecule has 1 N–H and O–H groups in total. The molecule has 3 aromatic rings. The monoisotopic (exact) mass is 487 g/mol. The summed E-state index contributed by atoms with van der Waals surface area (Å²) in [6.07, 6.45) is 1.34. The fourth-order valence-electron chi connectivity index (χ4n) is 3.52. The molecule has 10 nitrogen and oxygen atoms in total. The molecule has 4 amide bonds. The van der Waals surface area contributed by atoms with E-state index < -0.39 is 22.8 Å². The van der Waals surface area contributed by atoms with E-state index in [1.54, 1.807) is 18.2 Å². The third kappa shape index (κ3) is 5.22. The number of non-ortho nitro benzene ring substituents is 1. The first-order valence-electron chi connectivity index (χ1n) is 11.0. The van der Waals surface area contributed by atoms with Crippen molar-refractivity contribution in [3.05, 3.63) is 99.6 Å². The number of barbiturate groups is 1. The van der Waals surface area contributed by atoms with Crippen LogP contribution < -0.4 is 19.7 Å². The molecule has 0 spiro atoms. The van der Waals surface area contributed by atoms with E-state index in [0.29, 0.717) is 30.3 Å². The van der Waals surface area contributed by atoms with Gasteiger partial charge in [0.2, 0.25) is 0 Å². The predicted octanol–water partition coefficient (Wildman–Crippen LogP) is 4.24. The lowest BCUT2D eigenvalue weighted by atomic mass is 10.1. The second kappa shape index (κ2) is 10.5. The van der Waals surface area contributed by atoms with Gasteiger partial charge in [-0.1, -0.05) is 36.4 Å². The van der Waals surface area contributed by atoms with Crippen molar-refractivity contribution in [1.82, 2.24) is 5.32 Å². The van der Waals surface area contributed by atoms with Crippen molar-refractivity contribution in [2.75, 3.05) is 11.5 Å². The van der Waals surface area contributed by atoms with E-state index in [-0.39, 0.29) is 16.9 Å². The van der Waals surface area contributed by atoms with E-state index in [9.17, 15) is 24.5 Å². The first-order chi connectivity index (χ1) is 17.4. The normalized spacial score (nSPS) is 14.5. The van der Waals surface area contributed by atoms with E-state index in [4.69, 9.17) is 9.47 Å². The van der Waals surface area contributed by atoms with Gasteiger partial charge in [-0.3, -0.25) is 25.0 Å². The number of urea groups is 1. The highest BCUT2D eigenvalue weighted by Gasteiger charge is 2.37. The average molecular weight is 487 g/mol. The van der Waals surface area contributed by atoms with Gasteiger partial charge in [0.15, 0.2) is 11.5 Å². The van der Waals surface area contributed by atoms with Crippen LogP contribution in [0.1, 0.15) is 18.1 Å². The highest BCUT2D eigenvalue weighted by molar-refractivity contribution is 6.39. The minimum Gasteiger partial charge on any atom is -0.490 e. The summed E-state index contributed by atoms with van der Waals surface area (Å²) >= 11 is 0. The minimum absolute atomic E-state index is 0.0844. The number of imide groups is 2. The van der Waals surface area contributed by atoms with Gasteiger partial charge in [0.25, 0.3) is 17.5 Å². The lowest BCUT2D eigenvalue weighted by Crippen LogP contribution is -2.54. The second-order valence-corrected chi connectivity index (χ2v) is 7.64. The summed E-state index contributed by atoms with van der Waals surface area (Å²) in [6, 6.07) is 18.5. The summed E-state index contributed by atoms with van der Waals surface area (Å²) in [6.45, 7) is 2.51. The van der Waals surface area contributed by atoms with Crippen LogP contribution in [-0.4, -0.2) is 29.4 Å². The van der Waals surface area contributed by atoms with E-state index >= 15 is 0 Å². The molecular formula is C26H21N3O7. The molecule has 0 radical (unpaired) electrons. The highest BCUT2D eigenvalue weighted by atomic mass is 16.6. The van der Waals surface area contributed by atoms with Crippen LogP contribution in [0, 0.1) is 10.1 Å². The number of nitrogens with zero attached hydrogens (tertiary/aromatic N) is 2. The summed E-state index contributed by atoms with van der Waals surface area (Å²) < 4.78 is 11.6. The minimum atomic E-state index is -0.948. The van der Waals surface area contributed by atoms with Gasteiger partial charge >= 0.3 is 6.03 Å². The van der Waals surface area contributed by atoms with Crippen LogP contribution in [0.3, 0.4) is 0 Å². The third-order valence-electron chi connectivity index (χ3n) is 5.24. The Labute approximate surface area is 205 Å². The van der Waals surface area contributed by atoms with Crippen LogP contribution in [0.25, 0.3) is 6.08 Å². The van der Waals surface area contributed by atoms with Crippen molar-refractivity contribution < 1.29 is 28.8 Å². The molecule has 0 unspecified atom stereocenters. The zero-order valence-electron chi connectivity index (χ0n) is 19.2. The molecule has 0 bridgehead atoms. The van der Waals surface area contributed by atoms with Crippen molar-refractivity contribution in [3.8, 4) is 11.5 Å². The van der Waals surface area contributed by atoms with Crippen molar-refractivity contribution in [1.29, 1.82) is 0 Å². The topological polar surface area (TPSA) is 128 Å². The summed E-state index contributed by atoms with van der Waals surface area (Å²) in [4.78, 5) is 49.0. The lowest BCUT2D eigenvalue weighted by molar-refractivity contribution is -0.384. The molecule has 1 aliphatic heterocycles. The fraction of sp³-hybridized carbons (Fsp3) is 0.115. The Balaban J connectivity index is 1.61. The molecule has 182 valence electrons. The number of nitro benzene ring substituents is 1. The van der Waals surface area contributed by atoms with Crippen LogP contribution in [0.15, 0.2) is 78.4 Å². The molecule has 1 fully saturated rings. The van der Waals surface area contributed by atoms with Crippen LogP contribution in [0.5, 0.6) is 11.5 Å². The molecule has 0 saturated carbocycles. The quantitative estimate of drug-likeness (QED) is 0.218. The largest absolute Gasteiger partial charge is 0.490 e. The number of amides is 4. The Hall–Kier alpha value is -4.99. The number of anilines is 1. The van der Waals surface area contributed by atoms with Gasteiger partial charge in [-0.15, -0.1) is 0 Å². The number of rotatable bonds is 8. The molecule has 4 rings (SSSR count). The van der Waals surface area contributed by atoms with Crippen LogP contribution in [0.2, 0.25) is 0 Å². The molecule has 0 atom stereocenters. The van der Waals surface area contributed by atoms with Gasteiger partial charge in [-0.2, -0.15) is 0 Å². The lowest BCUT2D eigenvalue weighted by Gasteiger charge is -2.26. The number of hydrogen-bond acceptors (Lipinski definition) is 7. The molecule has 0 aromatic heterocycles. The Kier molecular flexibility index (Phi) is 7.05. The molecule has 1 aliphatic rings. The average Bonchev–Trinajstić information content (AvgIpc) is 2.87. The van der Waals surface area contributed by atoms with Crippen LogP contribution >= 0.6 is 0 Å². The Bertz CT molecular complexity index is 1350. The van der Waals surface area contributed by atoms with Crippen molar-refractivity contribution in [2.24, 2.45) is 0 Å². The van der Waals surface area contributed by atoms with Gasteiger partial charge in [-0.05, 0) is 48.4 Å². The van der Waals surface area contributed by atoms with Gasteiger partial charge in [0, 0.05) is 12.1 Å². The second-order valence-electron chi connectivity index (χ2n) is 7.64. The van der Waals surface area contributed by atoms with E-state index in [2.05, 4.69) is 5.32 Å². The predicted molar refractivity (Wildman–Crippen MR) is 130 cm³/mol. The van der Waals surface area contributed by atoms with E-state index in [1.807, 2.05) is 37.3 Å². The van der Waals surface area contributed by atoms with E-state index in [0.717, 1.165) is 22.6 Å². The number of ether oxygens (including phenoxy) is 2. The maximum atomic E-state index is 13.1. The Morgan fingerprint density at radius 3 is 2.33 bits per heavy atom. The molecule has 1 saturated heterocycles. The smallest absolute Gasteiger partial charge is 0.335 e. The maximum Gasteiger partial charge on any atom is 0.335 e. The highest BCUT2D eigenvalue weighted by Crippen LogP contribution is 2.31. The summed E-state index contributed by atoms with van der Waals surface area (Å²) in [7, 11) is 0. The first kappa shape index (κ1) is 24.1. The molecule has 36 heavy (non-hydrogen) atoms. The summed E-state index contributed by atoms with van der Waals surface area (Å²) in [5.41, 5.74) is 1.05. The zero-order valence-corrected chi connectivity index (χ0v) is 19.2. The molecule has 3 aromatic carbocycles. The number of carbonyl (C=O) groups excluding carboxylic acids is 3. The number of benzene rings is 3. The SMILES string of the molecule is CCOc1cc(/C=C2\C(=O)NC(=O)N(c3ccc([N+](=O)[O-])cc3)C2=O)ccc1OCc1ccccc1. The van der Waals surface area contributed by atoms with Crippen molar-refractivity contribution in [2.45, 2.75) is 13.5 Å². The molecule has 1 heterocycles. The van der Waals surface area contributed by atoms with Gasteiger partial charge in [0.05, 0.1) is 17.2 Å². The van der Waals surface area contributed by atoms with Crippen molar-refractivity contribution >= 4 is 35.3 Å². The summed E-state index contributed by atoms with van der Waals surface area (Å²) in [5.74, 6) is -0.801. The van der Waals surface area contributed by atoms with Gasteiger partial charge in [-0.25, -0.2) is 9.69 Å². The zero-order chi connectivity index (χ0) is 25.7. The third-order valence-corrected chi connectivity index (χ3v) is 5.24. The first-order valence-corrected chi connectivity index (χ1v) is 11.0. The molecule has 10 heteroatoms. The number of hydrogen-bond donors (Lipinski definition) is 1. The summed E-state index contributed by atoms with van der Waals surface area (Å²) in [5, 5.41) is 13.0. The van der Waals surface area contributed by atoms with Gasteiger partial charge < -0.3 is 9.47 Å². The number of carbonyl (C=O) groups is 3. The Morgan fingerprint density at radius 1 is 0.944 bits per heavy atom. The number of nitrogens with one attached hydrogen (secondary N) is 1. The maximum absolute atomic E-state index is 13.1. The number of nitro groups is 1. The fourth-order valence-corrected chi connectivity index (χ4v) is 3.52. The van der Waals surface area contributed by atoms with E-state index in [1.165, 1.54) is 18.2 Å².